The Kier molecular flexibility index (Phi) is 4.29. The monoisotopic (exact) mass is 183 g/mol. The van der Waals surface area contributed by atoms with E-state index in [9.17, 15) is 4.79 Å². The van der Waals surface area contributed by atoms with Gasteiger partial charge >= 0.3 is 5.97 Å². The number of rotatable bonds is 1. The molecule has 72 valence electrons. The van der Waals surface area contributed by atoms with E-state index in [1.807, 2.05) is 13.8 Å². The summed E-state index contributed by atoms with van der Waals surface area (Å²) in [6, 6.07) is 2.71. The van der Waals surface area contributed by atoms with Crippen LogP contribution in [0.3, 0.4) is 0 Å². The highest BCUT2D eigenvalue weighted by Crippen LogP contribution is 2.09. The van der Waals surface area contributed by atoms with Gasteiger partial charge < -0.3 is 16.6 Å². The van der Waals surface area contributed by atoms with Gasteiger partial charge in [-0.25, -0.2) is 9.78 Å². The summed E-state index contributed by atoms with van der Waals surface area (Å²) in [6.45, 7) is 4.00. The minimum absolute atomic E-state index is 0.0285. The lowest BCUT2D eigenvalue weighted by molar-refractivity contribution is 0.0698. The minimum atomic E-state index is -1.10. The van der Waals surface area contributed by atoms with E-state index >= 15 is 0 Å². The van der Waals surface area contributed by atoms with Gasteiger partial charge in [-0.15, -0.1) is 0 Å². The van der Waals surface area contributed by atoms with Crippen LogP contribution in [0.15, 0.2) is 12.1 Å². The third-order valence-electron chi connectivity index (χ3n) is 1.18. The summed E-state index contributed by atoms with van der Waals surface area (Å²) in [5, 5.41) is 8.50. The van der Waals surface area contributed by atoms with Crippen molar-refractivity contribution < 1.29 is 9.90 Å². The van der Waals surface area contributed by atoms with Crippen molar-refractivity contribution in [3.8, 4) is 0 Å². The number of carbonyl (C=O) groups is 1. The molecular formula is C8H13N3O2. The van der Waals surface area contributed by atoms with Gasteiger partial charge in [0.1, 0.15) is 17.2 Å². The summed E-state index contributed by atoms with van der Waals surface area (Å²) in [5.74, 6) is -0.944. The molecule has 0 bridgehead atoms. The highest BCUT2D eigenvalue weighted by molar-refractivity contribution is 5.92. The first-order chi connectivity index (χ1) is 6.11. The number of carboxylic acids is 1. The van der Waals surface area contributed by atoms with Crippen LogP contribution in [0, 0.1) is 0 Å². The Morgan fingerprint density at radius 2 is 1.92 bits per heavy atom. The molecule has 0 spiro atoms. The van der Waals surface area contributed by atoms with Crippen molar-refractivity contribution in [1.29, 1.82) is 0 Å². The summed E-state index contributed by atoms with van der Waals surface area (Å²) in [4.78, 5) is 13.9. The molecule has 5 heteroatoms. The predicted octanol–water partition coefficient (Wildman–Crippen LogP) is 0.970. The first kappa shape index (κ1) is 11.2. The average molecular weight is 183 g/mol. The van der Waals surface area contributed by atoms with E-state index in [4.69, 9.17) is 16.6 Å². The van der Waals surface area contributed by atoms with Crippen LogP contribution in [0.5, 0.6) is 0 Å². The summed E-state index contributed by atoms with van der Waals surface area (Å²) < 4.78 is 0. The smallest absolute Gasteiger partial charge is 0.339 e. The Bertz CT molecular complexity index is 299. The maximum atomic E-state index is 10.4. The molecule has 1 rings (SSSR count). The van der Waals surface area contributed by atoms with Crippen molar-refractivity contribution in [3.63, 3.8) is 0 Å². The van der Waals surface area contributed by atoms with Gasteiger partial charge in [0.2, 0.25) is 0 Å². The number of anilines is 2. The standard InChI is InChI=1S/C6H7N3O2.C2H6/c7-4-2-1-3(6(10)11)5(8)9-4;1-2/h1-2H,(H,10,11)(H4,7,8,9);1-2H3. The molecule has 0 amide bonds. The van der Waals surface area contributed by atoms with Gasteiger partial charge in [-0.05, 0) is 12.1 Å². The molecule has 1 aromatic heterocycles. The zero-order valence-electron chi connectivity index (χ0n) is 7.61. The van der Waals surface area contributed by atoms with Crippen LogP contribution in [-0.4, -0.2) is 16.1 Å². The fourth-order valence-corrected chi connectivity index (χ4v) is 0.672. The molecule has 5 N–H and O–H groups in total. The number of hydrogen-bond donors (Lipinski definition) is 3. The van der Waals surface area contributed by atoms with E-state index in [0.717, 1.165) is 0 Å². The molecule has 0 fully saturated rings. The van der Waals surface area contributed by atoms with Crippen LogP contribution in [0.2, 0.25) is 0 Å². The van der Waals surface area contributed by atoms with E-state index in [-0.39, 0.29) is 17.2 Å². The second-order valence-electron chi connectivity index (χ2n) is 1.97. The van der Waals surface area contributed by atoms with Gasteiger partial charge in [0, 0.05) is 0 Å². The van der Waals surface area contributed by atoms with Crippen molar-refractivity contribution in [3.05, 3.63) is 17.7 Å². The third-order valence-corrected chi connectivity index (χ3v) is 1.18. The number of pyridine rings is 1. The molecule has 0 saturated heterocycles. The molecule has 13 heavy (non-hydrogen) atoms. The van der Waals surface area contributed by atoms with E-state index in [0.29, 0.717) is 0 Å². The second-order valence-corrected chi connectivity index (χ2v) is 1.97. The summed E-state index contributed by atoms with van der Waals surface area (Å²) in [7, 11) is 0. The van der Waals surface area contributed by atoms with Crippen LogP contribution in [-0.2, 0) is 0 Å². The SMILES string of the molecule is CC.Nc1ccc(C(=O)O)c(N)n1. The molecule has 0 atom stereocenters. The van der Waals surface area contributed by atoms with Crippen LogP contribution in [0.25, 0.3) is 0 Å². The quantitative estimate of drug-likeness (QED) is 0.602. The lowest BCUT2D eigenvalue weighted by atomic mass is 10.2. The summed E-state index contributed by atoms with van der Waals surface area (Å²) in [5.41, 5.74) is 10.5. The van der Waals surface area contributed by atoms with E-state index < -0.39 is 5.97 Å². The number of nitrogens with zero attached hydrogens (tertiary/aromatic N) is 1. The largest absolute Gasteiger partial charge is 0.478 e. The Labute approximate surface area is 76.4 Å². The molecule has 0 aliphatic carbocycles. The van der Waals surface area contributed by atoms with Gasteiger partial charge in [0.15, 0.2) is 0 Å². The van der Waals surface area contributed by atoms with Crippen LogP contribution < -0.4 is 11.5 Å². The van der Waals surface area contributed by atoms with Gasteiger partial charge in [0.25, 0.3) is 0 Å². The number of aromatic nitrogens is 1. The summed E-state index contributed by atoms with van der Waals surface area (Å²) >= 11 is 0. The van der Waals surface area contributed by atoms with Gasteiger partial charge in [-0.2, -0.15) is 0 Å². The predicted molar refractivity (Wildman–Crippen MR) is 51.4 cm³/mol. The van der Waals surface area contributed by atoms with Gasteiger partial charge in [-0.3, -0.25) is 0 Å². The molecule has 0 aliphatic heterocycles. The van der Waals surface area contributed by atoms with Crippen LogP contribution >= 0.6 is 0 Å². The molecule has 0 aromatic carbocycles. The van der Waals surface area contributed by atoms with Crippen molar-refractivity contribution in [2.75, 3.05) is 11.5 Å². The number of hydrogen-bond acceptors (Lipinski definition) is 4. The Morgan fingerprint density at radius 1 is 1.38 bits per heavy atom. The van der Waals surface area contributed by atoms with Gasteiger partial charge in [0.05, 0.1) is 0 Å². The topological polar surface area (TPSA) is 102 Å². The molecule has 1 heterocycles. The lowest BCUT2D eigenvalue weighted by Crippen LogP contribution is -2.05. The molecule has 0 unspecified atom stereocenters. The number of carboxylic acid groups (broad SMARTS) is 1. The maximum Gasteiger partial charge on any atom is 0.339 e. The zero-order valence-corrected chi connectivity index (χ0v) is 7.61. The zero-order chi connectivity index (χ0) is 10.4. The van der Waals surface area contributed by atoms with E-state index in [1.165, 1.54) is 12.1 Å². The van der Waals surface area contributed by atoms with E-state index in [1.54, 1.807) is 0 Å². The lowest BCUT2D eigenvalue weighted by Gasteiger charge is -1.98. The first-order valence-electron chi connectivity index (χ1n) is 3.86. The van der Waals surface area contributed by atoms with Crippen molar-refractivity contribution in [1.82, 2.24) is 4.98 Å². The minimum Gasteiger partial charge on any atom is -0.478 e. The Balaban J connectivity index is 0.000000671. The van der Waals surface area contributed by atoms with Crippen LogP contribution in [0.4, 0.5) is 11.6 Å². The average Bonchev–Trinajstić information content (AvgIpc) is 2.07. The maximum absolute atomic E-state index is 10.4. The molecule has 5 nitrogen and oxygen atoms in total. The summed E-state index contributed by atoms with van der Waals surface area (Å²) in [6.07, 6.45) is 0. The molecule has 1 aromatic rings. The van der Waals surface area contributed by atoms with Crippen molar-refractivity contribution in [2.24, 2.45) is 0 Å². The van der Waals surface area contributed by atoms with E-state index in [2.05, 4.69) is 4.98 Å². The number of nitrogen functional groups attached to an aromatic ring is 2. The third kappa shape index (κ3) is 2.98. The Morgan fingerprint density at radius 3 is 2.31 bits per heavy atom. The normalized spacial score (nSPS) is 8.46. The number of nitrogens with two attached hydrogens (primary N) is 2. The molecule has 0 aliphatic rings. The van der Waals surface area contributed by atoms with Crippen molar-refractivity contribution >= 4 is 17.6 Å². The molecular weight excluding hydrogens is 170 g/mol. The highest BCUT2D eigenvalue weighted by Gasteiger charge is 2.07. The Hall–Kier alpha value is -1.78. The second kappa shape index (κ2) is 4.97. The molecule has 0 saturated carbocycles. The van der Waals surface area contributed by atoms with Crippen LogP contribution in [0.1, 0.15) is 24.2 Å². The highest BCUT2D eigenvalue weighted by atomic mass is 16.4. The fraction of sp³-hybridized carbons (Fsp3) is 0.250. The number of aromatic carboxylic acids is 1. The first-order valence-corrected chi connectivity index (χ1v) is 3.86. The van der Waals surface area contributed by atoms with Gasteiger partial charge in [-0.1, -0.05) is 13.8 Å². The van der Waals surface area contributed by atoms with Crippen molar-refractivity contribution in [2.45, 2.75) is 13.8 Å². The fourth-order valence-electron chi connectivity index (χ4n) is 0.672. The molecule has 0 radical (unpaired) electrons.